The van der Waals surface area contributed by atoms with Crippen molar-refractivity contribution >= 4 is 28.3 Å². The Morgan fingerprint density at radius 1 is 0.927 bits per heavy atom. The lowest BCUT2D eigenvalue weighted by atomic mass is 9.98. The minimum atomic E-state index is -1.06. The number of carbonyl (C=O) groups is 2. The van der Waals surface area contributed by atoms with E-state index in [1.807, 2.05) is 42.5 Å². The number of phenolic OH excluding ortho intramolecular Hbond substituents is 1. The van der Waals surface area contributed by atoms with Gasteiger partial charge in [-0.25, -0.2) is 0 Å². The van der Waals surface area contributed by atoms with Gasteiger partial charge in [-0.2, -0.15) is 0 Å². The van der Waals surface area contributed by atoms with Gasteiger partial charge in [0.2, 0.25) is 5.91 Å². The monoisotopic (exact) mass is 552 g/mol. The summed E-state index contributed by atoms with van der Waals surface area (Å²) in [5.41, 5.74) is 1.45. The second-order valence-electron chi connectivity index (χ2n) is 10.4. The van der Waals surface area contributed by atoms with Gasteiger partial charge in [0.15, 0.2) is 23.0 Å². The number of rotatable bonds is 7. The number of methoxy groups -OCH3 is 1. The fourth-order valence-corrected chi connectivity index (χ4v) is 5.73. The molecule has 1 aliphatic carbocycles. The third-order valence-electron chi connectivity index (χ3n) is 7.76. The smallest absolute Gasteiger partial charge is 0.259 e. The van der Waals surface area contributed by atoms with Crippen molar-refractivity contribution in [3.05, 3.63) is 90.0 Å². The number of fused-ring (bicyclic) bond motifs is 2. The average Bonchev–Trinajstić information content (AvgIpc) is 3.52. The molecule has 8 nitrogen and oxygen atoms in total. The molecule has 0 spiro atoms. The van der Waals surface area contributed by atoms with Crippen LogP contribution in [-0.2, 0) is 4.79 Å². The van der Waals surface area contributed by atoms with Crippen LogP contribution in [0.15, 0.2) is 78.9 Å². The highest BCUT2D eigenvalue weighted by molar-refractivity contribution is 6.14. The van der Waals surface area contributed by atoms with E-state index in [1.165, 1.54) is 13.2 Å². The van der Waals surface area contributed by atoms with Crippen molar-refractivity contribution in [1.29, 1.82) is 0 Å². The number of ether oxygens (including phenoxy) is 3. The third-order valence-corrected chi connectivity index (χ3v) is 7.76. The summed E-state index contributed by atoms with van der Waals surface area (Å²) in [4.78, 5) is 30.4. The van der Waals surface area contributed by atoms with Crippen molar-refractivity contribution in [2.75, 3.05) is 25.2 Å². The van der Waals surface area contributed by atoms with E-state index in [2.05, 4.69) is 5.32 Å². The number of nitrogens with zero attached hydrogens (tertiary/aromatic N) is 1. The first-order valence-corrected chi connectivity index (χ1v) is 13.9. The number of phenols is 1. The summed E-state index contributed by atoms with van der Waals surface area (Å²) in [5.74, 6) is 0.536. The molecule has 2 aliphatic rings. The van der Waals surface area contributed by atoms with E-state index in [0.717, 1.165) is 36.5 Å². The van der Waals surface area contributed by atoms with Crippen LogP contribution < -0.4 is 24.4 Å². The summed E-state index contributed by atoms with van der Waals surface area (Å²) in [5, 5.41) is 15.3. The molecule has 1 fully saturated rings. The molecule has 6 rings (SSSR count). The molecular formula is C33H32N2O6. The number of benzene rings is 4. The van der Waals surface area contributed by atoms with Crippen LogP contribution in [0.4, 0.5) is 5.69 Å². The fourth-order valence-electron chi connectivity index (χ4n) is 5.73. The average molecular weight is 553 g/mol. The van der Waals surface area contributed by atoms with Crippen LogP contribution in [0.25, 0.3) is 10.8 Å². The Labute approximate surface area is 238 Å². The summed E-state index contributed by atoms with van der Waals surface area (Å²) >= 11 is 0. The topological polar surface area (TPSA) is 97.3 Å². The molecule has 0 bridgehead atoms. The minimum Gasteiger partial charge on any atom is -0.504 e. The van der Waals surface area contributed by atoms with Gasteiger partial charge in [-0.05, 0) is 60.2 Å². The van der Waals surface area contributed by atoms with Crippen molar-refractivity contribution in [2.24, 2.45) is 0 Å². The molecule has 0 radical (unpaired) electrons. The Balaban J connectivity index is 1.54. The van der Waals surface area contributed by atoms with Crippen LogP contribution in [-0.4, -0.2) is 43.3 Å². The molecule has 0 unspecified atom stereocenters. The van der Waals surface area contributed by atoms with Gasteiger partial charge in [-0.15, -0.1) is 0 Å². The maximum atomic E-state index is 14.6. The van der Waals surface area contributed by atoms with Crippen LogP contribution in [0.2, 0.25) is 0 Å². The Hall–Kier alpha value is -4.72. The van der Waals surface area contributed by atoms with Gasteiger partial charge in [0.05, 0.1) is 12.8 Å². The molecule has 1 heterocycles. The second-order valence-corrected chi connectivity index (χ2v) is 10.4. The molecule has 4 aromatic carbocycles. The standard InChI is InChI=1S/C33H32N2O6/c1-39-29-19-22(13-15-27(29)36)31(32(37)34-24-9-3-4-10-24)35(26-12-6-8-21-7-2-5-11-25(21)26)33(38)23-14-16-28-30(20-23)41-18-17-40-28/h2,5-8,11-16,19-20,24,31,36H,3-4,9-10,17-18H2,1H3,(H,34,37)/t31-/m0/s1. The van der Waals surface area contributed by atoms with E-state index in [4.69, 9.17) is 14.2 Å². The van der Waals surface area contributed by atoms with Gasteiger partial charge in [0.1, 0.15) is 19.3 Å². The van der Waals surface area contributed by atoms with Crippen molar-refractivity contribution in [2.45, 2.75) is 37.8 Å². The summed E-state index contributed by atoms with van der Waals surface area (Å²) in [6, 6.07) is 22.3. The maximum absolute atomic E-state index is 14.6. The molecule has 41 heavy (non-hydrogen) atoms. The lowest BCUT2D eigenvalue weighted by Gasteiger charge is -2.33. The molecule has 210 valence electrons. The van der Waals surface area contributed by atoms with Crippen molar-refractivity contribution in [1.82, 2.24) is 5.32 Å². The van der Waals surface area contributed by atoms with Gasteiger partial charge in [-0.3, -0.25) is 14.5 Å². The zero-order valence-corrected chi connectivity index (χ0v) is 22.8. The van der Waals surface area contributed by atoms with Crippen LogP contribution in [0.1, 0.15) is 47.6 Å². The minimum absolute atomic E-state index is 0.0303. The highest BCUT2D eigenvalue weighted by Crippen LogP contribution is 2.39. The van der Waals surface area contributed by atoms with Gasteiger partial charge >= 0.3 is 0 Å². The first kappa shape index (κ1) is 26.5. The number of hydrogen-bond acceptors (Lipinski definition) is 6. The predicted molar refractivity (Wildman–Crippen MR) is 156 cm³/mol. The number of amides is 2. The largest absolute Gasteiger partial charge is 0.504 e. The van der Waals surface area contributed by atoms with Crippen molar-refractivity contribution in [3.63, 3.8) is 0 Å². The number of carbonyl (C=O) groups excluding carboxylic acids is 2. The van der Waals surface area contributed by atoms with Gasteiger partial charge in [0.25, 0.3) is 5.91 Å². The normalized spacial score (nSPS) is 15.3. The van der Waals surface area contributed by atoms with Crippen LogP contribution in [0, 0.1) is 0 Å². The molecule has 8 heteroatoms. The number of nitrogens with one attached hydrogen (secondary N) is 1. The number of aromatic hydroxyl groups is 1. The Morgan fingerprint density at radius 3 is 2.49 bits per heavy atom. The van der Waals surface area contributed by atoms with E-state index in [1.54, 1.807) is 35.2 Å². The lowest BCUT2D eigenvalue weighted by Crippen LogP contribution is -2.46. The summed E-state index contributed by atoms with van der Waals surface area (Å²) in [7, 11) is 1.45. The summed E-state index contributed by atoms with van der Waals surface area (Å²) in [6.45, 7) is 0.825. The zero-order valence-electron chi connectivity index (χ0n) is 22.8. The first-order valence-electron chi connectivity index (χ1n) is 13.9. The SMILES string of the molecule is COc1cc([C@@H](C(=O)NC2CCCC2)N(C(=O)c2ccc3c(c2)OCCO3)c2cccc3ccccc23)ccc1O. The highest BCUT2D eigenvalue weighted by atomic mass is 16.6. The van der Waals surface area contributed by atoms with Crippen molar-refractivity contribution < 1.29 is 28.9 Å². The van der Waals surface area contributed by atoms with E-state index in [-0.39, 0.29) is 29.4 Å². The van der Waals surface area contributed by atoms with Crippen LogP contribution >= 0.6 is 0 Å². The van der Waals surface area contributed by atoms with E-state index in [0.29, 0.717) is 41.5 Å². The Kier molecular flexibility index (Phi) is 7.37. The van der Waals surface area contributed by atoms with E-state index >= 15 is 0 Å². The van der Waals surface area contributed by atoms with Gasteiger partial charge < -0.3 is 24.6 Å². The summed E-state index contributed by atoms with van der Waals surface area (Å²) in [6.07, 6.45) is 3.88. The first-order chi connectivity index (χ1) is 20.0. The number of anilines is 1. The van der Waals surface area contributed by atoms with Gasteiger partial charge in [0, 0.05) is 17.0 Å². The molecule has 2 N–H and O–H groups in total. The predicted octanol–water partition coefficient (Wildman–Crippen LogP) is 5.77. The maximum Gasteiger partial charge on any atom is 0.259 e. The molecule has 0 saturated heterocycles. The second kappa shape index (κ2) is 11.4. The van der Waals surface area contributed by atoms with Crippen LogP contribution in [0.3, 0.4) is 0 Å². The van der Waals surface area contributed by atoms with Crippen LogP contribution in [0.5, 0.6) is 23.0 Å². The van der Waals surface area contributed by atoms with E-state index < -0.39 is 6.04 Å². The molecule has 1 aliphatic heterocycles. The highest BCUT2D eigenvalue weighted by Gasteiger charge is 2.36. The zero-order chi connectivity index (χ0) is 28.3. The Bertz CT molecular complexity index is 1590. The molecule has 4 aromatic rings. The number of hydrogen-bond donors (Lipinski definition) is 2. The third kappa shape index (κ3) is 5.25. The van der Waals surface area contributed by atoms with E-state index in [9.17, 15) is 14.7 Å². The molecule has 0 aromatic heterocycles. The van der Waals surface area contributed by atoms with Gasteiger partial charge in [-0.1, -0.05) is 55.3 Å². The Morgan fingerprint density at radius 2 is 1.68 bits per heavy atom. The summed E-state index contributed by atoms with van der Waals surface area (Å²) < 4.78 is 16.8. The molecule has 1 atom stereocenters. The molecule has 1 saturated carbocycles. The lowest BCUT2D eigenvalue weighted by molar-refractivity contribution is -0.123. The molecule has 2 amide bonds. The quantitative estimate of drug-likeness (QED) is 0.302. The van der Waals surface area contributed by atoms with Crippen molar-refractivity contribution in [3.8, 4) is 23.0 Å². The molecular weight excluding hydrogens is 520 g/mol. The fraction of sp³-hybridized carbons (Fsp3) is 0.273.